The van der Waals surface area contributed by atoms with E-state index >= 15 is 0 Å². The second-order valence-electron chi connectivity index (χ2n) is 8.60. The average Bonchev–Trinajstić information content (AvgIpc) is 3.13. The SMILES string of the molecule is Cc1c(NC(=O)COC(=O)c2ccc3c(c2)S(=O)(=O)c2ccccc2C3=O)c(=O)n(-c2ccccc2)n1C. The average molecular weight is 532 g/mol. The number of carbonyl (C=O) groups is 3. The maximum Gasteiger partial charge on any atom is 0.338 e. The smallest absolute Gasteiger partial charge is 0.338 e. The van der Waals surface area contributed by atoms with Crippen molar-refractivity contribution in [3.05, 3.63) is 106 Å². The van der Waals surface area contributed by atoms with Gasteiger partial charge in [-0.1, -0.05) is 30.3 Å². The van der Waals surface area contributed by atoms with Gasteiger partial charge in [0, 0.05) is 18.2 Å². The number of carbonyl (C=O) groups excluding carboxylic acids is 3. The Morgan fingerprint density at radius 2 is 1.55 bits per heavy atom. The number of ketones is 1. The molecule has 1 N–H and O–H groups in total. The van der Waals surface area contributed by atoms with E-state index in [0.717, 1.165) is 6.07 Å². The number of ether oxygens (including phenoxy) is 1. The van der Waals surface area contributed by atoms with Gasteiger partial charge >= 0.3 is 5.97 Å². The van der Waals surface area contributed by atoms with Crippen molar-refractivity contribution in [1.29, 1.82) is 0 Å². The van der Waals surface area contributed by atoms with Gasteiger partial charge in [-0.3, -0.25) is 19.1 Å². The van der Waals surface area contributed by atoms with Gasteiger partial charge in [-0.25, -0.2) is 17.9 Å². The number of amides is 1. The van der Waals surface area contributed by atoms with E-state index < -0.39 is 39.7 Å². The Morgan fingerprint density at radius 3 is 2.29 bits per heavy atom. The zero-order chi connectivity index (χ0) is 27.2. The molecule has 0 aliphatic carbocycles. The quantitative estimate of drug-likeness (QED) is 0.345. The first kappa shape index (κ1) is 24.9. The molecule has 2 heterocycles. The summed E-state index contributed by atoms with van der Waals surface area (Å²) in [5, 5.41) is 2.49. The van der Waals surface area contributed by atoms with E-state index in [0.29, 0.717) is 11.4 Å². The second kappa shape index (κ2) is 9.27. The molecule has 10 nitrogen and oxygen atoms in total. The van der Waals surface area contributed by atoms with Gasteiger partial charge in [0.15, 0.2) is 12.4 Å². The lowest BCUT2D eigenvalue weighted by molar-refractivity contribution is -0.119. The van der Waals surface area contributed by atoms with Crippen LogP contribution in [0.5, 0.6) is 0 Å². The molecule has 0 atom stereocenters. The van der Waals surface area contributed by atoms with Crippen LogP contribution in [-0.2, 0) is 26.4 Å². The molecule has 38 heavy (non-hydrogen) atoms. The predicted molar refractivity (Wildman–Crippen MR) is 136 cm³/mol. The number of hydrogen-bond acceptors (Lipinski definition) is 7. The molecule has 0 saturated carbocycles. The molecule has 0 fully saturated rings. The summed E-state index contributed by atoms with van der Waals surface area (Å²) >= 11 is 0. The Morgan fingerprint density at radius 1 is 0.895 bits per heavy atom. The van der Waals surface area contributed by atoms with Gasteiger partial charge in [-0.15, -0.1) is 0 Å². The number of rotatable bonds is 5. The van der Waals surface area contributed by atoms with Crippen LogP contribution in [0.15, 0.2) is 87.4 Å². The van der Waals surface area contributed by atoms with Gasteiger partial charge in [-0.05, 0) is 49.4 Å². The minimum absolute atomic E-state index is 0.0365. The van der Waals surface area contributed by atoms with Crippen molar-refractivity contribution in [2.24, 2.45) is 7.05 Å². The summed E-state index contributed by atoms with van der Waals surface area (Å²) in [4.78, 5) is 50.5. The first-order valence-electron chi connectivity index (χ1n) is 11.4. The fourth-order valence-corrected chi connectivity index (χ4v) is 5.99. The molecule has 1 amide bonds. The summed E-state index contributed by atoms with van der Waals surface area (Å²) < 4.78 is 34.2. The standard InChI is InChI=1S/C27H21N3O7S/c1-16-24(26(33)30(29(16)2)18-8-4-3-5-9-18)28-23(31)15-37-27(34)17-12-13-20-22(14-17)38(35,36)21-11-7-6-10-19(21)25(20)32/h3-14H,15H2,1-2H3,(H,28,31). The van der Waals surface area contributed by atoms with E-state index in [-0.39, 0.29) is 32.2 Å². The van der Waals surface area contributed by atoms with E-state index in [4.69, 9.17) is 4.74 Å². The number of benzene rings is 3. The number of anilines is 1. The Labute approximate surface area is 217 Å². The summed E-state index contributed by atoms with van der Waals surface area (Å²) in [5.41, 5.74) is 0.549. The van der Waals surface area contributed by atoms with Crippen LogP contribution in [0.3, 0.4) is 0 Å². The van der Waals surface area contributed by atoms with Gasteiger partial charge in [0.05, 0.1) is 26.7 Å². The predicted octanol–water partition coefficient (Wildman–Crippen LogP) is 2.66. The third-order valence-corrected chi connectivity index (χ3v) is 8.18. The molecule has 0 bridgehead atoms. The van der Waals surface area contributed by atoms with Crippen LogP contribution >= 0.6 is 0 Å². The maximum absolute atomic E-state index is 13.1. The lowest BCUT2D eigenvalue weighted by Gasteiger charge is -2.19. The van der Waals surface area contributed by atoms with E-state index in [1.165, 1.54) is 35.0 Å². The maximum atomic E-state index is 13.1. The normalized spacial score (nSPS) is 13.4. The first-order valence-corrected chi connectivity index (χ1v) is 12.9. The van der Waals surface area contributed by atoms with Gasteiger partial charge in [0.2, 0.25) is 9.84 Å². The second-order valence-corrected chi connectivity index (χ2v) is 10.5. The summed E-state index contributed by atoms with van der Waals surface area (Å²) in [5.74, 6) is -2.18. The molecule has 0 unspecified atom stereocenters. The topological polar surface area (TPSA) is 134 Å². The van der Waals surface area contributed by atoms with Gasteiger partial charge in [-0.2, -0.15) is 0 Å². The highest BCUT2D eigenvalue weighted by molar-refractivity contribution is 7.91. The Kier molecular flexibility index (Phi) is 6.08. The molecule has 1 aromatic heterocycles. The van der Waals surface area contributed by atoms with E-state index in [1.54, 1.807) is 49.0 Å². The molecular formula is C27H21N3O7S. The highest BCUT2D eigenvalue weighted by Crippen LogP contribution is 2.34. The number of aromatic nitrogens is 2. The van der Waals surface area contributed by atoms with Gasteiger partial charge in [0.1, 0.15) is 5.69 Å². The van der Waals surface area contributed by atoms with Crippen molar-refractivity contribution in [3.63, 3.8) is 0 Å². The molecule has 3 aromatic carbocycles. The van der Waals surface area contributed by atoms with Crippen LogP contribution in [0.2, 0.25) is 0 Å². The Hall–Kier alpha value is -4.77. The number of fused-ring (bicyclic) bond motifs is 2. The number of para-hydroxylation sites is 1. The molecular weight excluding hydrogens is 510 g/mol. The van der Waals surface area contributed by atoms with Crippen LogP contribution in [0.1, 0.15) is 32.0 Å². The van der Waals surface area contributed by atoms with Crippen LogP contribution < -0.4 is 10.9 Å². The number of nitrogens with one attached hydrogen (secondary N) is 1. The zero-order valence-corrected chi connectivity index (χ0v) is 21.1. The number of sulfone groups is 1. The minimum atomic E-state index is -4.04. The fraction of sp³-hybridized carbons (Fsp3) is 0.111. The fourth-order valence-electron chi connectivity index (χ4n) is 4.31. The molecule has 1 aliphatic heterocycles. The van der Waals surface area contributed by atoms with E-state index in [9.17, 15) is 27.6 Å². The summed E-state index contributed by atoms with van der Waals surface area (Å²) in [6, 6.07) is 18.3. The molecule has 1 aliphatic rings. The summed E-state index contributed by atoms with van der Waals surface area (Å²) in [6.45, 7) is 0.943. The van der Waals surface area contributed by atoms with Crippen molar-refractivity contribution in [1.82, 2.24) is 9.36 Å². The minimum Gasteiger partial charge on any atom is -0.452 e. The third kappa shape index (κ3) is 4.02. The van der Waals surface area contributed by atoms with Gasteiger partial charge < -0.3 is 10.1 Å². The van der Waals surface area contributed by atoms with Crippen LogP contribution in [0, 0.1) is 6.92 Å². The van der Waals surface area contributed by atoms with Crippen molar-refractivity contribution in [2.75, 3.05) is 11.9 Å². The van der Waals surface area contributed by atoms with Crippen molar-refractivity contribution >= 4 is 33.2 Å². The molecule has 0 saturated heterocycles. The molecule has 4 aromatic rings. The molecule has 0 spiro atoms. The third-order valence-electron chi connectivity index (χ3n) is 6.33. The molecule has 0 radical (unpaired) electrons. The lowest BCUT2D eigenvalue weighted by atomic mass is 10.0. The van der Waals surface area contributed by atoms with Crippen molar-refractivity contribution in [2.45, 2.75) is 16.7 Å². The van der Waals surface area contributed by atoms with Crippen LogP contribution in [-0.4, -0.2) is 42.0 Å². The summed E-state index contributed by atoms with van der Waals surface area (Å²) in [7, 11) is -2.37. The zero-order valence-electron chi connectivity index (χ0n) is 20.3. The highest BCUT2D eigenvalue weighted by Gasteiger charge is 2.35. The lowest BCUT2D eigenvalue weighted by Crippen LogP contribution is -2.26. The first-order chi connectivity index (χ1) is 18.1. The van der Waals surface area contributed by atoms with E-state index in [1.807, 2.05) is 6.07 Å². The van der Waals surface area contributed by atoms with Crippen LogP contribution in [0.25, 0.3) is 5.69 Å². The van der Waals surface area contributed by atoms with Gasteiger partial charge in [0.25, 0.3) is 11.5 Å². The Balaban J connectivity index is 1.33. The number of nitrogens with zero attached hydrogens (tertiary/aromatic N) is 2. The van der Waals surface area contributed by atoms with Crippen molar-refractivity contribution in [3.8, 4) is 5.69 Å². The van der Waals surface area contributed by atoms with Crippen LogP contribution in [0.4, 0.5) is 5.69 Å². The highest BCUT2D eigenvalue weighted by atomic mass is 32.2. The van der Waals surface area contributed by atoms with Crippen molar-refractivity contribution < 1.29 is 27.5 Å². The molecule has 11 heteroatoms. The number of hydrogen-bond donors (Lipinski definition) is 1. The largest absolute Gasteiger partial charge is 0.452 e. The molecule has 5 rings (SSSR count). The monoisotopic (exact) mass is 531 g/mol. The Bertz CT molecular complexity index is 1800. The van der Waals surface area contributed by atoms with E-state index in [2.05, 4.69) is 5.32 Å². The summed E-state index contributed by atoms with van der Waals surface area (Å²) in [6.07, 6.45) is 0. The molecule has 192 valence electrons. The number of esters is 1.